The van der Waals surface area contributed by atoms with Gasteiger partial charge in [0, 0.05) is 6.42 Å². The molecule has 0 aliphatic heterocycles. The lowest BCUT2D eigenvalue weighted by molar-refractivity contribution is -0.116. The average molecular weight is 333 g/mol. The molecule has 22 heavy (non-hydrogen) atoms. The van der Waals surface area contributed by atoms with E-state index in [-0.39, 0.29) is 6.42 Å². The van der Waals surface area contributed by atoms with E-state index in [0.717, 1.165) is 25.7 Å². The molecule has 0 bridgehead atoms. The molecule has 5 heteroatoms. The van der Waals surface area contributed by atoms with Crippen LogP contribution in [0.25, 0.3) is 0 Å². The maximum Gasteiger partial charge on any atom is 0.272 e. The number of rotatable bonds is 15. The van der Waals surface area contributed by atoms with E-state index >= 15 is 0 Å². The Morgan fingerprint density at radius 2 is 1.36 bits per heavy atom. The van der Waals surface area contributed by atoms with Crippen LogP contribution in [0.15, 0.2) is 12.2 Å². The number of carbonyl (C=O) groups is 1. The third-order valence-electron chi connectivity index (χ3n) is 3.56. The van der Waals surface area contributed by atoms with Gasteiger partial charge in [-0.25, -0.2) is 0 Å². The summed E-state index contributed by atoms with van der Waals surface area (Å²) < 4.78 is 29.5. The zero-order valence-electron chi connectivity index (χ0n) is 13.9. The van der Waals surface area contributed by atoms with Crippen molar-refractivity contribution in [3.8, 4) is 0 Å². The predicted molar refractivity (Wildman–Crippen MR) is 91.6 cm³/mol. The predicted octanol–water partition coefficient (Wildman–Crippen LogP) is 4.70. The monoisotopic (exact) mass is 332 g/mol. The normalized spacial score (nSPS) is 12.1. The Morgan fingerprint density at radius 3 is 1.91 bits per heavy atom. The summed E-state index contributed by atoms with van der Waals surface area (Å²) in [5.41, 5.74) is 0. The van der Waals surface area contributed by atoms with E-state index in [4.69, 9.17) is 4.55 Å². The van der Waals surface area contributed by atoms with Crippen LogP contribution in [-0.2, 0) is 14.9 Å². The molecule has 0 radical (unpaired) electrons. The first kappa shape index (κ1) is 21.3. The van der Waals surface area contributed by atoms with E-state index in [9.17, 15) is 13.2 Å². The highest BCUT2D eigenvalue weighted by Crippen LogP contribution is 2.09. The van der Waals surface area contributed by atoms with Crippen LogP contribution in [-0.4, -0.2) is 24.5 Å². The lowest BCUT2D eigenvalue weighted by Gasteiger charge is -2.00. The zero-order chi connectivity index (χ0) is 16.7. The Morgan fingerprint density at radius 1 is 0.864 bits per heavy atom. The highest BCUT2D eigenvalue weighted by atomic mass is 32.2. The fourth-order valence-corrected chi connectivity index (χ4v) is 2.87. The number of carbonyl (C=O) groups excluding carboxylic acids is 1. The van der Waals surface area contributed by atoms with Crippen molar-refractivity contribution in [2.45, 2.75) is 84.0 Å². The average Bonchev–Trinajstić information content (AvgIpc) is 2.42. The second kappa shape index (κ2) is 13.9. The van der Waals surface area contributed by atoms with Crippen LogP contribution in [0.1, 0.15) is 84.0 Å². The van der Waals surface area contributed by atoms with Gasteiger partial charge in [0.1, 0.15) is 11.5 Å². The first-order chi connectivity index (χ1) is 10.5. The molecule has 0 atom stereocenters. The van der Waals surface area contributed by atoms with Crippen LogP contribution in [0, 0.1) is 0 Å². The van der Waals surface area contributed by atoms with Gasteiger partial charge in [-0.05, 0) is 32.1 Å². The number of ketones is 1. The maximum atomic E-state index is 11.2. The summed E-state index contributed by atoms with van der Waals surface area (Å²) in [5.74, 6) is -1.13. The van der Waals surface area contributed by atoms with Crippen LogP contribution in [0.4, 0.5) is 0 Å². The number of unbranched alkanes of at least 4 members (excludes halogenated alkanes) is 9. The summed E-state index contributed by atoms with van der Waals surface area (Å²) in [6.45, 7) is 2.22. The molecule has 0 fully saturated rings. The van der Waals surface area contributed by atoms with Crippen LogP contribution < -0.4 is 0 Å². The van der Waals surface area contributed by atoms with Gasteiger partial charge < -0.3 is 0 Å². The maximum absolute atomic E-state index is 11.2. The van der Waals surface area contributed by atoms with E-state index in [0.29, 0.717) is 6.42 Å². The summed E-state index contributed by atoms with van der Waals surface area (Å²) in [6.07, 6.45) is 17.4. The summed E-state index contributed by atoms with van der Waals surface area (Å²) in [5, 5.41) is 0. The molecule has 1 N–H and O–H groups in total. The first-order valence-corrected chi connectivity index (χ1v) is 10.2. The molecule has 0 aromatic carbocycles. The van der Waals surface area contributed by atoms with E-state index in [1.165, 1.54) is 38.5 Å². The van der Waals surface area contributed by atoms with Gasteiger partial charge in [0.15, 0.2) is 0 Å². The smallest absolute Gasteiger partial charge is 0.272 e. The Labute approximate surface area is 136 Å². The van der Waals surface area contributed by atoms with Crippen molar-refractivity contribution in [3.05, 3.63) is 12.2 Å². The highest BCUT2D eigenvalue weighted by Gasteiger charge is 2.11. The van der Waals surface area contributed by atoms with Crippen molar-refractivity contribution in [1.82, 2.24) is 0 Å². The molecular formula is C17H32O4S. The third kappa shape index (κ3) is 17.4. The minimum Gasteiger partial charge on any atom is -0.298 e. The molecule has 0 rings (SSSR count). The molecule has 4 nitrogen and oxygen atoms in total. The summed E-state index contributed by atoms with van der Waals surface area (Å²) in [7, 11) is -4.15. The van der Waals surface area contributed by atoms with Crippen molar-refractivity contribution in [2.75, 3.05) is 5.75 Å². The topological polar surface area (TPSA) is 71.4 Å². The molecule has 0 spiro atoms. The largest absolute Gasteiger partial charge is 0.298 e. The van der Waals surface area contributed by atoms with Gasteiger partial charge in [0.25, 0.3) is 10.1 Å². The molecule has 130 valence electrons. The lowest BCUT2D eigenvalue weighted by atomic mass is 10.1. The number of Topliss-reactive ketones (excluding diaryl/α,β-unsaturated/α-hetero) is 1. The van der Waals surface area contributed by atoms with Crippen LogP contribution in [0.3, 0.4) is 0 Å². The van der Waals surface area contributed by atoms with Crippen LogP contribution >= 0.6 is 0 Å². The molecule has 0 aliphatic rings. The Bertz CT molecular complexity index is 399. The second-order valence-electron chi connectivity index (χ2n) is 5.89. The number of hydrogen-bond acceptors (Lipinski definition) is 3. The standard InChI is InChI=1S/C17H32O4S/c1-2-3-4-5-6-7-8-9-10-11-12-13-14-15-17(18)16-22(19,20)21/h7-8H,2-6,9-16H2,1H3,(H,19,20,21). The van der Waals surface area contributed by atoms with E-state index < -0.39 is 21.7 Å². The summed E-state index contributed by atoms with van der Waals surface area (Å²) in [6, 6.07) is 0. The minimum absolute atomic E-state index is 0.247. The second-order valence-corrected chi connectivity index (χ2v) is 7.34. The summed E-state index contributed by atoms with van der Waals surface area (Å²) >= 11 is 0. The van der Waals surface area contributed by atoms with Crippen molar-refractivity contribution in [3.63, 3.8) is 0 Å². The number of hydrogen-bond donors (Lipinski definition) is 1. The van der Waals surface area contributed by atoms with Gasteiger partial charge in [-0.15, -0.1) is 0 Å². The molecule has 0 aliphatic carbocycles. The van der Waals surface area contributed by atoms with Gasteiger partial charge in [0.2, 0.25) is 0 Å². The molecule has 0 unspecified atom stereocenters. The number of allylic oxidation sites excluding steroid dienone is 2. The van der Waals surface area contributed by atoms with Crippen LogP contribution in [0.2, 0.25) is 0 Å². The molecule has 0 saturated carbocycles. The van der Waals surface area contributed by atoms with Gasteiger partial charge in [-0.2, -0.15) is 8.42 Å². The molecule has 0 heterocycles. The fourth-order valence-electron chi connectivity index (χ4n) is 2.31. The van der Waals surface area contributed by atoms with Crippen molar-refractivity contribution < 1.29 is 17.8 Å². The van der Waals surface area contributed by atoms with Gasteiger partial charge in [-0.1, -0.05) is 57.6 Å². The first-order valence-electron chi connectivity index (χ1n) is 8.57. The van der Waals surface area contributed by atoms with Gasteiger partial charge in [0.05, 0.1) is 0 Å². The van der Waals surface area contributed by atoms with Crippen molar-refractivity contribution >= 4 is 15.9 Å². The Balaban J connectivity index is 3.30. The fraction of sp³-hybridized carbons (Fsp3) is 0.824. The SMILES string of the molecule is CCCCCCC=CCCCCCCCC(=O)CS(=O)(=O)O. The molecule has 0 aromatic heterocycles. The molecule has 0 amide bonds. The Hall–Kier alpha value is -0.680. The zero-order valence-corrected chi connectivity index (χ0v) is 14.7. The van der Waals surface area contributed by atoms with Crippen molar-refractivity contribution in [1.29, 1.82) is 0 Å². The molecule has 0 aromatic rings. The third-order valence-corrected chi connectivity index (χ3v) is 4.25. The molecule has 0 saturated heterocycles. The Kier molecular flexibility index (Phi) is 13.5. The van der Waals surface area contributed by atoms with Gasteiger partial charge in [-0.3, -0.25) is 9.35 Å². The quantitative estimate of drug-likeness (QED) is 0.268. The van der Waals surface area contributed by atoms with Crippen LogP contribution in [0.5, 0.6) is 0 Å². The van der Waals surface area contributed by atoms with E-state index in [1.807, 2.05) is 0 Å². The molecular weight excluding hydrogens is 300 g/mol. The van der Waals surface area contributed by atoms with E-state index in [1.54, 1.807) is 0 Å². The van der Waals surface area contributed by atoms with Gasteiger partial charge >= 0.3 is 0 Å². The van der Waals surface area contributed by atoms with E-state index in [2.05, 4.69) is 19.1 Å². The minimum atomic E-state index is -4.15. The highest BCUT2D eigenvalue weighted by molar-refractivity contribution is 7.86. The van der Waals surface area contributed by atoms with Crippen molar-refractivity contribution in [2.24, 2.45) is 0 Å². The lowest BCUT2D eigenvalue weighted by Crippen LogP contribution is -2.14. The summed E-state index contributed by atoms with van der Waals surface area (Å²) in [4.78, 5) is 11.2.